The van der Waals surface area contributed by atoms with Gasteiger partial charge in [0.1, 0.15) is 12.3 Å². The van der Waals surface area contributed by atoms with Crippen LogP contribution in [0.3, 0.4) is 0 Å². The lowest BCUT2D eigenvalue weighted by molar-refractivity contribution is -0.147. The molecule has 8 heteroatoms. The van der Waals surface area contributed by atoms with Gasteiger partial charge in [-0.15, -0.1) is 0 Å². The van der Waals surface area contributed by atoms with Gasteiger partial charge >= 0.3 is 6.18 Å². The fraction of sp³-hybridized carbons (Fsp3) is 0.714. The summed E-state index contributed by atoms with van der Waals surface area (Å²) in [5.74, 6) is 0.121. The second-order valence-electron chi connectivity index (χ2n) is 5.78. The quantitative estimate of drug-likeness (QED) is 0.856. The van der Waals surface area contributed by atoms with Gasteiger partial charge in [-0.25, -0.2) is 0 Å². The van der Waals surface area contributed by atoms with Gasteiger partial charge in [-0.1, -0.05) is 5.16 Å². The fourth-order valence-corrected chi connectivity index (χ4v) is 2.65. The van der Waals surface area contributed by atoms with E-state index in [1.165, 1.54) is 6.07 Å². The molecule has 1 saturated heterocycles. The van der Waals surface area contributed by atoms with Crippen molar-refractivity contribution in [1.29, 1.82) is 0 Å². The third-order valence-electron chi connectivity index (χ3n) is 3.97. The molecule has 0 N–H and O–H groups in total. The Labute approximate surface area is 125 Å². The van der Waals surface area contributed by atoms with Gasteiger partial charge in [0.2, 0.25) is 0 Å². The van der Waals surface area contributed by atoms with Crippen LogP contribution in [0.25, 0.3) is 0 Å². The van der Waals surface area contributed by atoms with Gasteiger partial charge in [-0.2, -0.15) is 13.2 Å². The molecule has 1 aliphatic carbocycles. The Morgan fingerprint density at radius 3 is 2.55 bits per heavy atom. The summed E-state index contributed by atoms with van der Waals surface area (Å²) in [5.41, 5.74) is -0.0439. The lowest BCUT2D eigenvalue weighted by Gasteiger charge is -2.34. The fourth-order valence-electron chi connectivity index (χ4n) is 2.65. The van der Waals surface area contributed by atoms with Crippen molar-refractivity contribution in [2.75, 3.05) is 19.8 Å². The number of aromatic nitrogens is 1. The van der Waals surface area contributed by atoms with Crippen LogP contribution in [0.5, 0.6) is 0 Å². The summed E-state index contributed by atoms with van der Waals surface area (Å²) >= 11 is 0. The monoisotopic (exact) mass is 318 g/mol. The van der Waals surface area contributed by atoms with Crippen LogP contribution in [0.2, 0.25) is 0 Å². The number of carbonyl (C=O) groups is 1. The maximum absolute atomic E-state index is 12.8. The maximum Gasteiger partial charge on any atom is 0.406 e. The normalized spacial score (nSPS) is 20.1. The minimum atomic E-state index is -4.45. The van der Waals surface area contributed by atoms with Crippen LogP contribution in [0.1, 0.15) is 47.8 Å². The van der Waals surface area contributed by atoms with Crippen molar-refractivity contribution < 1.29 is 27.2 Å². The summed E-state index contributed by atoms with van der Waals surface area (Å²) in [4.78, 5) is 13.3. The van der Waals surface area contributed by atoms with Crippen molar-refractivity contribution >= 4 is 5.91 Å². The number of nitrogens with zero attached hydrogens (tertiary/aromatic N) is 2. The molecule has 2 fully saturated rings. The van der Waals surface area contributed by atoms with Gasteiger partial charge in [0.25, 0.3) is 5.91 Å². The Kier molecular flexibility index (Phi) is 4.12. The second kappa shape index (κ2) is 5.91. The predicted molar refractivity (Wildman–Crippen MR) is 69.4 cm³/mol. The van der Waals surface area contributed by atoms with Crippen molar-refractivity contribution in [2.45, 2.75) is 43.8 Å². The van der Waals surface area contributed by atoms with E-state index in [9.17, 15) is 18.0 Å². The third kappa shape index (κ3) is 3.60. The van der Waals surface area contributed by atoms with E-state index < -0.39 is 24.7 Å². The number of hydrogen-bond donors (Lipinski definition) is 0. The molecule has 0 radical (unpaired) electrons. The van der Waals surface area contributed by atoms with Gasteiger partial charge in [-0.3, -0.25) is 4.79 Å². The van der Waals surface area contributed by atoms with Crippen molar-refractivity contribution in [2.24, 2.45) is 0 Å². The number of amides is 1. The summed E-state index contributed by atoms with van der Waals surface area (Å²) in [5, 5.41) is 3.66. The molecule has 122 valence electrons. The van der Waals surface area contributed by atoms with Gasteiger partial charge in [0.15, 0.2) is 5.69 Å². The molecule has 1 saturated carbocycles. The topological polar surface area (TPSA) is 55.6 Å². The summed E-state index contributed by atoms with van der Waals surface area (Å²) in [7, 11) is 0. The molecule has 1 amide bonds. The number of rotatable bonds is 4. The van der Waals surface area contributed by atoms with Gasteiger partial charge in [-0.05, 0) is 25.7 Å². The first-order valence-corrected chi connectivity index (χ1v) is 7.36. The molecule has 0 atom stereocenters. The molecule has 0 spiro atoms. The Hall–Kier alpha value is -1.57. The predicted octanol–water partition coefficient (Wildman–Crippen LogP) is 2.74. The Bertz CT molecular complexity index is 534. The smallest absolute Gasteiger partial charge is 0.381 e. The van der Waals surface area contributed by atoms with Crippen LogP contribution in [0.4, 0.5) is 13.2 Å². The summed E-state index contributed by atoms with van der Waals surface area (Å²) < 4.78 is 48.7. The van der Waals surface area contributed by atoms with Gasteiger partial charge in [0, 0.05) is 31.2 Å². The van der Waals surface area contributed by atoms with Crippen molar-refractivity contribution in [3.63, 3.8) is 0 Å². The molecule has 5 nitrogen and oxygen atoms in total. The zero-order valence-corrected chi connectivity index (χ0v) is 11.9. The summed E-state index contributed by atoms with van der Waals surface area (Å²) in [6.45, 7) is -0.557. The third-order valence-corrected chi connectivity index (χ3v) is 3.97. The van der Waals surface area contributed by atoms with Gasteiger partial charge in [0.05, 0.1) is 0 Å². The SMILES string of the molecule is O=C(c1cc(C2CC2)on1)N(CC(F)(F)F)C1CCOCC1. The average Bonchev–Trinajstić information content (AvgIpc) is 3.22. The molecule has 3 rings (SSSR count). The zero-order chi connectivity index (χ0) is 15.7. The highest BCUT2D eigenvalue weighted by Gasteiger charge is 2.39. The molecule has 0 unspecified atom stereocenters. The highest BCUT2D eigenvalue weighted by molar-refractivity contribution is 5.92. The molecular weight excluding hydrogens is 301 g/mol. The number of carbonyl (C=O) groups excluding carboxylic acids is 1. The van der Waals surface area contributed by atoms with Crippen LogP contribution >= 0.6 is 0 Å². The minimum Gasteiger partial charge on any atom is -0.381 e. The Morgan fingerprint density at radius 1 is 1.27 bits per heavy atom. The number of hydrogen-bond acceptors (Lipinski definition) is 4. The molecule has 2 aliphatic rings. The summed E-state index contributed by atoms with van der Waals surface area (Å²) in [6.07, 6.45) is -1.72. The zero-order valence-electron chi connectivity index (χ0n) is 11.9. The molecule has 22 heavy (non-hydrogen) atoms. The first kappa shape index (κ1) is 15.3. The van der Waals surface area contributed by atoms with E-state index in [4.69, 9.17) is 9.26 Å². The molecule has 1 aliphatic heterocycles. The first-order chi connectivity index (χ1) is 10.4. The van der Waals surface area contributed by atoms with Crippen molar-refractivity contribution in [1.82, 2.24) is 10.1 Å². The Morgan fingerprint density at radius 2 is 1.95 bits per heavy atom. The van der Waals surface area contributed by atoms with Crippen LogP contribution in [-0.4, -0.2) is 47.9 Å². The van der Waals surface area contributed by atoms with Crippen LogP contribution in [0.15, 0.2) is 10.6 Å². The van der Waals surface area contributed by atoms with Crippen molar-refractivity contribution in [3.05, 3.63) is 17.5 Å². The van der Waals surface area contributed by atoms with E-state index in [0.29, 0.717) is 31.8 Å². The number of alkyl halides is 3. The molecule has 2 heterocycles. The van der Waals surface area contributed by atoms with E-state index in [1.54, 1.807) is 0 Å². The van der Waals surface area contributed by atoms with Crippen LogP contribution in [0, 0.1) is 0 Å². The lowest BCUT2D eigenvalue weighted by atomic mass is 10.1. The number of halogens is 3. The highest BCUT2D eigenvalue weighted by atomic mass is 19.4. The van der Waals surface area contributed by atoms with Gasteiger partial charge < -0.3 is 14.2 Å². The number of ether oxygens (including phenoxy) is 1. The van der Waals surface area contributed by atoms with E-state index in [0.717, 1.165) is 17.7 Å². The second-order valence-corrected chi connectivity index (χ2v) is 5.78. The first-order valence-electron chi connectivity index (χ1n) is 7.36. The van der Waals surface area contributed by atoms with Crippen molar-refractivity contribution in [3.8, 4) is 0 Å². The molecule has 1 aromatic heterocycles. The standard InChI is InChI=1S/C14H17F3N2O3/c15-14(16,17)8-19(10-3-5-21-6-4-10)13(20)11-7-12(22-18-11)9-1-2-9/h7,9-10H,1-6,8H2. The lowest BCUT2D eigenvalue weighted by Crippen LogP contribution is -2.48. The largest absolute Gasteiger partial charge is 0.406 e. The van der Waals surface area contributed by atoms with Crippen LogP contribution < -0.4 is 0 Å². The molecular formula is C14H17F3N2O3. The van der Waals surface area contributed by atoms with Crippen LogP contribution in [-0.2, 0) is 4.74 Å². The van der Waals surface area contributed by atoms with E-state index in [-0.39, 0.29) is 11.6 Å². The minimum absolute atomic E-state index is 0.0439. The average molecular weight is 318 g/mol. The van der Waals surface area contributed by atoms with E-state index in [2.05, 4.69) is 5.16 Å². The highest BCUT2D eigenvalue weighted by Crippen LogP contribution is 2.40. The van der Waals surface area contributed by atoms with E-state index >= 15 is 0 Å². The molecule has 0 aromatic carbocycles. The maximum atomic E-state index is 12.8. The molecule has 0 bridgehead atoms. The Balaban J connectivity index is 1.77. The summed E-state index contributed by atoms with van der Waals surface area (Å²) in [6, 6.07) is 0.992. The molecule has 1 aromatic rings. The van der Waals surface area contributed by atoms with E-state index in [1.807, 2.05) is 0 Å².